The summed E-state index contributed by atoms with van der Waals surface area (Å²) in [4.78, 5) is 31.3. The first-order chi connectivity index (χ1) is 14.4. The van der Waals surface area contributed by atoms with Gasteiger partial charge in [0.1, 0.15) is 12.3 Å². The lowest BCUT2D eigenvalue weighted by molar-refractivity contribution is -0.123. The Morgan fingerprint density at radius 3 is 2.87 bits per heavy atom. The van der Waals surface area contributed by atoms with Crippen LogP contribution >= 0.6 is 11.3 Å². The number of aromatic nitrogens is 1. The van der Waals surface area contributed by atoms with Crippen molar-refractivity contribution in [2.45, 2.75) is 26.7 Å². The highest BCUT2D eigenvalue weighted by Gasteiger charge is 2.28. The van der Waals surface area contributed by atoms with Crippen molar-refractivity contribution in [2.24, 2.45) is 0 Å². The van der Waals surface area contributed by atoms with Crippen molar-refractivity contribution >= 4 is 34.5 Å². The van der Waals surface area contributed by atoms with E-state index in [4.69, 9.17) is 4.74 Å². The molecule has 0 saturated carbocycles. The number of nitrogens with zero attached hydrogens (tertiary/aromatic N) is 2. The van der Waals surface area contributed by atoms with Crippen LogP contribution in [0.3, 0.4) is 0 Å². The molecule has 7 heteroatoms. The van der Waals surface area contributed by atoms with Gasteiger partial charge in [-0.2, -0.15) is 0 Å². The number of para-hydroxylation sites is 1. The molecule has 0 fully saturated rings. The molecule has 30 heavy (non-hydrogen) atoms. The molecule has 1 aliphatic rings. The Morgan fingerprint density at radius 1 is 1.30 bits per heavy atom. The molecule has 0 atom stereocenters. The Hall–Kier alpha value is -3.19. The number of ether oxygens (including phenoxy) is 1. The van der Waals surface area contributed by atoms with Crippen LogP contribution in [0.15, 0.2) is 47.3 Å². The van der Waals surface area contributed by atoms with E-state index in [1.54, 1.807) is 5.51 Å². The molecule has 0 unspecified atom stereocenters. The monoisotopic (exact) mass is 421 g/mol. The van der Waals surface area contributed by atoms with Crippen molar-refractivity contribution in [3.8, 4) is 17.0 Å². The van der Waals surface area contributed by atoms with E-state index in [1.807, 2.05) is 48.7 Å². The second-order valence-electron chi connectivity index (χ2n) is 7.57. The van der Waals surface area contributed by atoms with Crippen LogP contribution in [-0.4, -0.2) is 29.9 Å². The van der Waals surface area contributed by atoms with E-state index in [0.29, 0.717) is 11.4 Å². The molecule has 3 aromatic rings. The molecule has 1 aliphatic heterocycles. The molecule has 2 heterocycles. The number of rotatable bonds is 5. The third kappa shape index (κ3) is 3.93. The first-order valence-electron chi connectivity index (χ1n) is 9.79. The number of hydrogen-bond acceptors (Lipinski definition) is 5. The number of carbonyl (C=O) groups excluding carboxylic acids is 2. The lowest BCUT2D eigenvalue weighted by atomic mass is 9.98. The van der Waals surface area contributed by atoms with Crippen molar-refractivity contribution < 1.29 is 14.3 Å². The normalized spacial score (nSPS) is 13.2. The van der Waals surface area contributed by atoms with Crippen LogP contribution in [0.5, 0.6) is 5.75 Å². The Balaban J connectivity index is 1.61. The Bertz CT molecular complexity index is 1090. The minimum atomic E-state index is -0.248. The van der Waals surface area contributed by atoms with E-state index >= 15 is 0 Å². The zero-order valence-electron chi connectivity index (χ0n) is 17.1. The average Bonchev–Trinajstić information content (AvgIpc) is 3.26. The number of hydrogen-bond donors (Lipinski definition) is 1. The number of amides is 2. The van der Waals surface area contributed by atoms with Crippen LogP contribution in [0.4, 0.5) is 11.4 Å². The van der Waals surface area contributed by atoms with Crippen LogP contribution < -0.4 is 15.0 Å². The maximum Gasteiger partial charge on any atom is 0.265 e. The molecule has 2 amide bonds. The number of carbonyl (C=O) groups is 2. The van der Waals surface area contributed by atoms with E-state index in [0.717, 1.165) is 28.1 Å². The first-order valence-corrected chi connectivity index (χ1v) is 10.7. The van der Waals surface area contributed by atoms with Crippen LogP contribution in [0, 0.1) is 6.92 Å². The lowest BCUT2D eigenvalue weighted by Gasteiger charge is -2.29. The molecule has 0 spiro atoms. The number of fused-ring (bicyclic) bond motifs is 1. The van der Waals surface area contributed by atoms with E-state index in [1.165, 1.54) is 16.2 Å². The summed E-state index contributed by atoms with van der Waals surface area (Å²) in [5.41, 5.74) is 6.93. The fourth-order valence-corrected chi connectivity index (χ4v) is 4.12. The first kappa shape index (κ1) is 20.1. The third-order valence-corrected chi connectivity index (χ3v) is 5.71. The smallest absolute Gasteiger partial charge is 0.265 e. The predicted molar refractivity (Wildman–Crippen MR) is 119 cm³/mol. The molecule has 0 saturated heterocycles. The highest BCUT2D eigenvalue weighted by molar-refractivity contribution is 7.07. The maximum atomic E-state index is 12.9. The third-order valence-electron chi connectivity index (χ3n) is 5.12. The van der Waals surface area contributed by atoms with Crippen molar-refractivity contribution in [3.05, 3.63) is 58.4 Å². The molecular weight excluding hydrogens is 398 g/mol. The molecule has 2 aromatic carbocycles. The molecule has 0 aliphatic carbocycles. The van der Waals surface area contributed by atoms with Crippen LogP contribution in [-0.2, 0) is 9.59 Å². The van der Waals surface area contributed by atoms with E-state index < -0.39 is 0 Å². The number of aryl methyl sites for hydroxylation is 1. The van der Waals surface area contributed by atoms with Crippen LogP contribution in [0.25, 0.3) is 11.3 Å². The Kier molecular flexibility index (Phi) is 5.55. The summed E-state index contributed by atoms with van der Waals surface area (Å²) < 4.78 is 5.57. The zero-order valence-corrected chi connectivity index (χ0v) is 18.0. The fraction of sp³-hybridized carbons (Fsp3) is 0.261. The number of benzene rings is 2. The molecule has 0 bridgehead atoms. The lowest BCUT2D eigenvalue weighted by Crippen LogP contribution is -2.43. The van der Waals surface area contributed by atoms with E-state index in [9.17, 15) is 9.59 Å². The fourth-order valence-electron chi connectivity index (χ4n) is 3.55. The molecule has 1 aromatic heterocycles. The summed E-state index contributed by atoms with van der Waals surface area (Å²) in [5.74, 6) is 0.361. The molecular formula is C23H23N3O3S. The Morgan fingerprint density at radius 2 is 2.13 bits per heavy atom. The van der Waals surface area contributed by atoms with Gasteiger partial charge in [-0.25, -0.2) is 4.98 Å². The van der Waals surface area contributed by atoms with Crippen molar-refractivity contribution in [3.63, 3.8) is 0 Å². The topological polar surface area (TPSA) is 71.5 Å². The number of nitrogens with one attached hydrogen (secondary N) is 1. The number of anilines is 2. The molecule has 0 radical (unpaired) electrons. The standard InChI is InChI=1S/C23H23N3O3S/c1-14(2)17-6-4-5-15(3)23(17)25-21(27)10-26-19-9-16(18-12-30-13-24-18)7-8-20(19)29-11-22(26)28/h4-9,12-14H,10-11H2,1-3H3,(H,25,27). The van der Waals surface area contributed by atoms with Crippen molar-refractivity contribution in [2.75, 3.05) is 23.4 Å². The minimum absolute atomic E-state index is 0.0818. The minimum Gasteiger partial charge on any atom is -0.482 e. The summed E-state index contributed by atoms with van der Waals surface area (Å²) in [5, 5.41) is 4.96. The van der Waals surface area contributed by atoms with Gasteiger partial charge >= 0.3 is 0 Å². The van der Waals surface area contributed by atoms with Gasteiger partial charge in [0.15, 0.2) is 6.61 Å². The van der Waals surface area contributed by atoms with Gasteiger partial charge in [0.05, 0.1) is 16.9 Å². The van der Waals surface area contributed by atoms with Gasteiger partial charge in [-0.3, -0.25) is 14.5 Å². The van der Waals surface area contributed by atoms with Gasteiger partial charge in [-0.05, 0) is 42.2 Å². The van der Waals surface area contributed by atoms with Gasteiger partial charge in [0, 0.05) is 16.6 Å². The SMILES string of the molecule is Cc1cccc(C(C)C)c1NC(=O)CN1C(=O)COc2ccc(-c3cscn3)cc21. The summed E-state index contributed by atoms with van der Waals surface area (Å²) >= 11 is 1.50. The second kappa shape index (κ2) is 8.28. The molecule has 4 rings (SSSR count). The van der Waals surface area contributed by atoms with Gasteiger partial charge < -0.3 is 10.1 Å². The van der Waals surface area contributed by atoms with Gasteiger partial charge in [0.25, 0.3) is 5.91 Å². The van der Waals surface area contributed by atoms with E-state index in [-0.39, 0.29) is 30.9 Å². The average molecular weight is 422 g/mol. The molecule has 154 valence electrons. The zero-order chi connectivity index (χ0) is 21.3. The summed E-state index contributed by atoms with van der Waals surface area (Å²) in [6.07, 6.45) is 0. The quantitative estimate of drug-likeness (QED) is 0.653. The summed E-state index contributed by atoms with van der Waals surface area (Å²) in [6, 6.07) is 11.5. The van der Waals surface area contributed by atoms with Crippen molar-refractivity contribution in [1.82, 2.24) is 4.98 Å². The Labute approximate surface area is 179 Å². The van der Waals surface area contributed by atoms with Gasteiger partial charge in [0.2, 0.25) is 5.91 Å². The highest BCUT2D eigenvalue weighted by atomic mass is 32.1. The van der Waals surface area contributed by atoms with Crippen LogP contribution in [0.2, 0.25) is 0 Å². The summed E-state index contributed by atoms with van der Waals surface area (Å²) in [6.45, 7) is 5.98. The maximum absolute atomic E-state index is 12.9. The van der Waals surface area contributed by atoms with Crippen molar-refractivity contribution in [1.29, 1.82) is 0 Å². The highest BCUT2D eigenvalue weighted by Crippen LogP contribution is 2.36. The second-order valence-corrected chi connectivity index (χ2v) is 8.29. The molecule has 6 nitrogen and oxygen atoms in total. The largest absolute Gasteiger partial charge is 0.482 e. The van der Waals surface area contributed by atoms with Gasteiger partial charge in [-0.1, -0.05) is 32.0 Å². The van der Waals surface area contributed by atoms with Crippen LogP contribution in [0.1, 0.15) is 30.9 Å². The molecule has 1 N–H and O–H groups in total. The van der Waals surface area contributed by atoms with Gasteiger partial charge in [-0.15, -0.1) is 11.3 Å². The predicted octanol–water partition coefficient (Wildman–Crippen LogP) is 4.61. The van der Waals surface area contributed by atoms with E-state index in [2.05, 4.69) is 24.1 Å². The number of thiazole rings is 1. The summed E-state index contributed by atoms with van der Waals surface area (Å²) in [7, 11) is 0.